The van der Waals surface area contributed by atoms with E-state index in [0.29, 0.717) is 40.6 Å². The van der Waals surface area contributed by atoms with E-state index in [2.05, 4.69) is 15.0 Å². The van der Waals surface area contributed by atoms with Crippen LogP contribution in [0.4, 0.5) is 19.4 Å². The predicted molar refractivity (Wildman–Crippen MR) is 126 cm³/mol. The third-order valence-corrected chi connectivity index (χ3v) is 6.60. The van der Waals surface area contributed by atoms with Gasteiger partial charge in [0.05, 0.1) is 10.4 Å². The average Bonchev–Trinajstić information content (AvgIpc) is 2.81. The average molecular weight is 484 g/mol. The fraction of sp³-hybridized carbons (Fsp3) is 0.250. The lowest BCUT2D eigenvalue weighted by atomic mass is 10.0. The molecule has 10 heteroatoms. The van der Waals surface area contributed by atoms with Crippen LogP contribution < -0.4 is 4.90 Å². The summed E-state index contributed by atoms with van der Waals surface area (Å²) < 4.78 is 30.0. The van der Waals surface area contributed by atoms with Crippen molar-refractivity contribution in [2.24, 2.45) is 0 Å². The van der Waals surface area contributed by atoms with Gasteiger partial charge in [0.2, 0.25) is 0 Å². The molecule has 174 valence electrons. The Morgan fingerprint density at radius 3 is 2.53 bits per heavy atom. The van der Waals surface area contributed by atoms with Crippen LogP contribution in [0.15, 0.2) is 42.9 Å². The second-order valence-corrected chi connectivity index (χ2v) is 8.82. The molecule has 1 fully saturated rings. The molecule has 2 aromatic carbocycles. The molecule has 1 amide bonds. The molecular formula is C24H20ClF2N5O2. The van der Waals surface area contributed by atoms with E-state index < -0.39 is 17.7 Å². The van der Waals surface area contributed by atoms with Crippen molar-refractivity contribution in [3.63, 3.8) is 0 Å². The number of piperazine rings is 1. The molecule has 4 aromatic rings. The van der Waals surface area contributed by atoms with Crippen LogP contribution in [0.2, 0.25) is 5.02 Å². The molecule has 1 aliphatic rings. The van der Waals surface area contributed by atoms with Gasteiger partial charge in [-0.3, -0.25) is 4.98 Å². The SMILES string of the molecule is C[C@H]1CN(C(=O)O)C[C@H](C)N1c1ncnc2c(F)c(-c3cccc4ccc(F)c(Cl)c34)ncc12. The molecule has 0 spiro atoms. The van der Waals surface area contributed by atoms with Crippen molar-refractivity contribution in [3.05, 3.63) is 59.5 Å². The van der Waals surface area contributed by atoms with E-state index in [9.17, 15) is 14.3 Å². The van der Waals surface area contributed by atoms with Crippen molar-refractivity contribution in [2.45, 2.75) is 25.9 Å². The van der Waals surface area contributed by atoms with Crippen molar-refractivity contribution in [1.29, 1.82) is 0 Å². The highest BCUT2D eigenvalue weighted by atomic mass is 35.5. The van der Waals surface area contributed by atoms with Crippen LogP contribution in [0.1, 0.15) is 13.8 Å². The molecule has 2 atom stereocenters. The number of carbonyl (C=O) groups is 1. The van der Waals surface area contributed by atoms with Crippen LogP contribution in [0.3, 0.4) is 0 Å². The summed E-state index contributed by atoms with van der Waals surface area (Å²) in [5.41, 5.74) is 0.435. The number of carboxylic acid groups (broad SMARTS) is 1. The first-order valence-electron chi connectivity index (χ1n) is 10.7. The monoisotopic (exact) mass is 483 g/mol. The van der Waals surface area contributed by atoms with Gasteiger partial charge in [-0.25, -0.2) is 23.5 Å². The van der Waals surface area contributed by atoms with Crippen molar-refractivity contribution in [3.8, 4) is 11.3 Å². The number of benzene rings is 2. The first-order valence-corrected chi connectivity index (χ1v) is 11.1. The molecule has 1 saturated heterocycles. The van der Waals surface area contributed by atoms with Crippen LogP contribution in [0, 0.1) is 11.6 Å². The van der Waals surface area contributed by atoms with E-state index in [1.54, 1.807) is 24.3 Å². The summed E-state index contributed by atoms with van der Waals surface area (Å²) >= 11 is 6.24. The van der Waals surface area contributed by atoms with Crippen molar-refractivity contribution >= 4 is 45.2 Å². The maximum absolute atomic E-state index is 15.8. The molecule has 1 aliphatic heterocycles. The number of amides is 1. The first-order chi connectivity index (χ1) is 16.3. The van der Waals surface area contributed by atoms with E-state index >= 15 is 4.39 Å². The summed E-state index contributed by atoms with van der Waals surface area (Å²) in [6, 6.07) is 7.60. The zero-order valence-corrected chi connectivity index (χ0v) is 19.1. The highest BCUT2D eigenvalue weighted by Crippen LogP contribution is 2.38. The zero-order valence-electron chi connectivity index (χ0n) is 18.3. The van der Waals surface area contributed by atoms with Crippen LogP contribution in [-0.2, 0) is 0 Å². The summed E-state index contributed by atoms with van der Waals surface area (Å²) in [6.45, 7) is 4.37. The van der Waals surface area contributed by atoms with Gasteiger partial charge in [-0.1, -0.05) is 35.9 Å². The third kappa shape index (κ3) is 3.47. The van der Waals surface area contributed by atoms with E-state index in [-0.39, 0.29) is 28.3 Å². The van der Waals surface area contributed by atoms with Gasteiger partial charge >= 0.3 is 6.09 Å². The lowest BCUT2D eigenvalue weighted by Crippen LogP contribution is -2.58. The predicted octanol–water partition coefficient (Wildman–Crippen LogP) is 5.35. The van der Waals surface area contributed by atoms with E-state index in [4.69, 9.17) is 11.6 Å². The highest BCUT2D eigenvalue weighted by Gasteiger charge is 2.34. The van der Waals surface area contributed by atoms with Crippen molar-refractivity contribution in [2.75, 3.05) is 18.0 Å². The Morgan fingerprint density at radius 2 is 1.82 bits per heavy atom. The number of halogens is 3. The van der Waals surface area contributed by atoms with Crippen LogP contribution >= 0.6 is 11.6 Å². The smallest absolute Gasteiger partial charge is 0.407 e. The topological polar surface area (TPSA) is 82.5 Å². The van der Waals surface area contributed by atoms with Crippen molar-refractivity contribution in [1.82, 2.24) is 19.9 Å². The minimum atomic E-state index is -0.978. The number of anilines is 1. The van der Waals surface area contributed by atoms with E-state index in [1.165, 1.54) is 23.5 Å². The lowest BCUT2D eigenvalue weighted by molar-refractivity contribution is 0.128. The Bertz CT molecular complexity index is 1440. The molecule has 0 radical (unpaired) electrons. The quantitative estimate of drug-likeness (QED) is 0.413. The Hall–Kier alpha value is -3.59. The number of hydrogen-bond donors (Lipinski definition) is 1. The van der Waals surface area contributed by atoms with Gasteiger partial charge < -0.3 is 14.9 Å². The Balaban J connectivity index is 1.66. The highest BCUT2D eigenvalue weighted by molar-refractivity contribution is 6.36. The van der Waals surface area contributed by atoms with E-state index in [1.807, 2.05) is 18.7 Å². The molecule has 7 nitrogen and oxygen atoms in total. The molecule has 1 N–H and O–H groups in total. The fourth-order valence-electron chi connectivity index (χ4n) is 4.77. The maximum atomic E-state index is 15.8. The minimum Gasteiger partial charge on any atom is -0.465 e. The molecule has 0 saturated carbocycles. The fourth-order valence-corrected chi connectivity index (χ4v) is 5.05. The lowest BCUT2D eigenvalue weighted by Gasteiger charge is -2.44. The number of nitrogens with zero attached hydrogens (tertiary/aromatic N) is 5. The summed E-state index contributed by atoms with van der Waals surface area (Å²) in [5.74, 6) is -0.788. The van der Waals surface area contributed by atoms with Gasteiger partial charge in [-0.15, -0.1) is 0 Å². The second-order valence-electron chi connectivity index (χ2n) is 8.44. The summed E-state index contributed by atoms with van der Waals surface area (Å²) in [5, 5.41) is 10.7. The van der Waals surface area contributed by atoms with E-state index in [0.717, 1.165) is 0 Å². The summed E-state index contributed by atoms with van der Waals surface area (Å²) in [7, 11) is 0. The molecule has 34 heavy (non-hydrogen) atoms. The first kappa shape index (κ1) is 22.2. The number of aromatic nitrogens is 3. The number of rotatable bonds is 2. The normalized spacial score (nSPS) is 18.6. The number of fused-ring (bicyclic) bond motifs is 2. The summed E-state index contributed by atoms with van der Waals surface area (Å²) in [6.07, 6.45) is 1.80. The Labute approximate surface area is 198 Å². The molecule has 5 rings (SSSR count). The van der Waals surface area contributed by atoms with Crippen LogP contribution in [0.25, 0.3) is 32.9 Å². The molecular weight excluding hydrogens is 464 g/mol. The molecule has 0 aliphatic carbocycles. The maximum Gasteiger partial charge on any atom is 0.407 e. The number of hydrogen-bond acceptors (Lipinski definition) is 5. The van der Waals surface area contributed by atoms with Gasteiger partial charge in [0, 0.05) is 42.3 Å². The second kappa shape index (κ2) is 8.32. The standard InChI is InChI=1S/C24H20ClF2N5O2/c1-12-9-31(24(33)34)10-13(2)32(12)23-16-8-28-21(20(27)22(16)29-11-30-23)15-5-3-4-14-6-7-17(26)19(25)18(14)15/h3-8,11-13H,9-10H2,1-2H3,(H,33,34)/t12-,13-/m0/s1. The minimum absolute atomic E-state index is 0.00652. The van der Waals surface area contributed by atoms with Crippen molar-refractivity contribution < 1.29 is 18.7 Å². The third-order valence-electron chi connectivity index (χ3n) is 6.23. The Kier molecular flexibility index (Phi) is 5.44. The molecule has 2 aromatic heterocycles. The number of pyridine rings is 1. The van der Waals surface area contributed by atoms with Gasteiger partial charge in [0.25, 0.3) is 0 Å². The molecule has 3 heterocycles. The van der Waals surface area contributed by atoms with Gasteiger partial charge in [-0.05, 0) is 25.3 Å². The van der Waals surface area contributed by atoms with Gasteiger partial charge in [0.15, 0.2) is 5.82 Å². The summed E-state index contributed by atoms with van der Waals surface area (Å²) in [4.78, 5) is 27.7. The van der Waals surface area contributed by atoms with Crippen LogP contribution in [-0.4, -0.2) is 56.2 Å². The molecule has 0 bridgehead atoms. The Morgan fingerprint density at radius 1 is 1.09 bits per heavy atom. The van der Waals surface area contributed by atoms with Gasteiger partial charge in [0.1, 0.15) is 29.2 Å². The van der Waals surface area contributed by atoms with Gasteiger partial charge in [-0.2, -0.15) is 0 Å². The zero-order chi connectivity index (χ0) is 24.1. The van der Waals surface area contributed by atoms with Crippen LogP contribution in [0.5, 0.6) is 0 Å². The molecule has 0 unspecified atom stereocenters. The largest absolute Gasteiger partial charge is 0.465 e.